The normalized spacial score (nSPS) is 12.1. The molecule has 86 valence electrons. The van der Waals surface area contributed by atoms with E-state index in [1.807, 2.05) is 25.1 Å². The van der Waals surface area contributed by atoms with Gasteiger partial charge in [0.2, 0.25) is 5.52 Å². The molecule has 0 N–H and O–H groups in total. The highest BCUT2D eigenvalue weighted by Gasteiger charge is 2.17. The van der Waals surface area contributed by atoms with Gasteiger partial charge in [0, 0.05) is 10.9 Å². The molecule has 0 amide bonds. The third kappa shape index (κ3) is 2.54. The summed E-state index contributed by atoms with van der Waals surface area (Å²) >= 11 is 0. The molecule has 17 heavy (non-hydrogen) atoms. The van der Waals surface area contributed by atoms with Crippen LogP contribution in [0.25, 0.3) is 0 Å². The van der Waals surface area contributed by atoms with Crippen LogP contribution >= 0.6 is 7.80 Å². The van der Waals surface area contributed by atoms with Crippen molar-refractivity contribution in [1.29, 1.82) is 0 Å². The Morgan fingerprint density at radius 2 is 1.53 bits per heavy atom. The van der Waals surface area contributed by atoms with Gasteiger partial charge in [-0.25, -0.2) is 0 Å². The molecule has 1 unspecified atom stereocenters. The molecule has 0 bridgehead atoms. The fourth-order valence-corrected chi connectivity index (χ4v) is 2.95. The van der Waals surface area contributed by atoms with Crippen molar-refractivity contribution in [1.82, 2.24) is 0 Å². The summed E-state index contributed by atoms with van der Waals surface area (Å²) in [4.78, 5) is 12.1. The number of aryl methyl sites for hydroxylation is 1. The maximum Gasteiger partial charge on any atom is 0.223 e. The number of benzene rings is 2. The monoisotopic (exact) mass is 244 g/mol. The Morgan fingerprint density at radius 3 is 2.18 bits per heavy atom. The average Bonchev–Trinajstić information content (AvgIpc) is 2.39. The van der Waals surface area contributed by atoms with Crippen LogP contribution in [0.3, 0.4) is 0 Å². The van der Waals surface area contributed by atoms with Gasteiger partial charge in [0.25, 0.3) is 0 Å². The number of hydrogen-bond acceptors (Lipinski definition) is 2. The molecule has 0 aliphatic rings. The summed E-state index contributed by atoms with van der Waals surface area (Å²) in [6.07, 6.45) is 0. The maximum atomic E-state index is 12.1. The van der Waals surface area contributed by atoms with E-state index >= 15 is 0 Å². The number of hydrogen-bond donors (Lipinski definition) is 0. The average molecular weight is 244 g/mol. The highest BCUT2D eigenvalue weighted by atomic mass is 31.1. The molecule has 0 aliphatic heterocycles. The first-order valence-corrected chi connectivity index (χ1v) is 6.80. The summed E-state index contributed by atoms with van der Waals surface area (Å²) in [5, 5.41) is 0.616. The second-order valence-electron chi connectivity index (χ2n) is 3.84. The number of carbonyl (C=O) groups is 1. The molecular weight excluding hydrogens is 231 g/mol. The van der Waals surface area contributed by atoms with Gasteiger partial charge in [-0.1, -0.05) is 54.6 Å². The molecule has 0 aromatic heterocycles. The Bertz CT molecular complexity index is 561. The lowest BCUT2D eigenvalue weighted by Crippen LogP contribution is -2.04. The smallest absolute Gasteiger partial charge is 0.223 e. The summed E-state index contributed by atoms with van der Waals surface area (Å²) in [6, 6.07) is 16.1. The zero-order chi connectivity index (χ0) is 12.3. The minimum atomic E-state index is -2.41. The van der Waals surface area contributed by atoms with E-state index in [2.05, 4.69) is 0 Å². The van der Waals surface area contributed by atoms with Crippen molar-refractivity contribution in [3.8, 4) is 0 Å². The molecule has 2 aromatic rings. The van der Waals surface area contributed by atoms with Gasteiger partial charge in [-0.3, -0.25) is 4.79 Å². The van der Waals surface area contributed by atoms with E-state index in [0.717, 1.165) is 5.56 Å². The summed E-state index contributed by atoms with van der Waals surface area (Å²) in [5.41, 5.74) is 1.16. The molecule has 2 rings (SSSR count). The Labute approximate surface area is 101 Å². The van der Waals surface area contributed by atoms with E-state index < -0.39 is 7.80 Å². The van der Waals surface area contributed by atoms with Gasteiger partial charge in [0.05, 0.1) is 0 Å². The lowest BCUT2D eigenvalue weighted by atomic mass is 10.1. The van der Waals surface area contributed by atoms with Gasteiger partial charge in [0.15, 0.2) is 7.80 Å². The van der Waals surface area contributed by atoms with Crippen molar-refractivity contribution in [2.45, 2.75) is 6.92 Å². The van der Waals surface area contributed by atoms with Crippen molar-refractivity contribution in [2.75, 3.05) is 0 Å². The van der Waals surface area contributed by atoms with Crippen LogP contribution in [-0.2, 0) is 4.57 Å². The zero-order valence-corrected chi connectivity index (χ0v) is 10.5. The lowest BCUT2D eigenvalue weighted by molar-refractivity contribution is 0.107. The van der Waals surface area contributed by atoms with E-state index in [1.165, 1.54) is 0 Å². The first-order valence-electron chi connectivity index (χ1n) is 5.40. The standard InChI is InChI=1S/C14H13O2P/c1-11-7-5-6-10-13(11)14(15)17(16)12-8-3-2-4-9-12/h2-10,17H,1H3. The first kappa shape index (κ1) is 11.8. The second-order valence-corrected chi connectivity index (χ2v) is 5.53. The largest absolute Gasteiger partial charge is 0.313 e. The lowest BCUT2D eigenvalue weighted by Gasteiger charge is -2.04. The summed E-state index contributed by atoms with van der Waals surface area (Å²) in [5.74, 6) is 0. The van der Waals surface area contributed by atoms with Crippen LogP contribution < -0.4 is 5.30 Å². The first-order chi connectivity index (χ1) is 8.20. The summed E-state index contributed by atoms with van der Waals surface area (Å²) < 4.78 is 12.1. The van der Waals surface area contributed by atoms with E-state index in [0.29, 0.717) is 10.9 Å². The van der Waals surface area contributed by atoms with E-state index in [4.69, 9.17) is 0 Å². The van der Waals surface area contributed by atoms with Crippen molar-refractivity contribution < 1.29 is 9.36 Å². The van der Waals surface area contributed by atoms with Crippen LogP contribution in [0.5, 0.6) is 0 Å². The molecular formula is C14H13O2P. The fourth-order valence-electron chi connectivity index (χ4n) is 1.67. The molecule has 0 heterocycles. The van der Waals surface area contributed by atoms with Crippen LogP contribution in [0.1, 0.15) is 15.9 Å². The molecule has 2 nitrogen and oxygen atoms in total. The second kappa shape index (κ2) is 5.11. The molecule has 0 spiro atoms. The van der Waals surface area contributed by atoms with E-state index in [-0.39, 0.29) is 5.52 Å². The molecule has 2 aromatic carbocycles. The zero-order valence-electron chi connectivity index (χ0n) is 9.51. The van der Waals surface area contributed by atoms with Gasteiger partial charge < -0.3 is 4.57 Å². The highest BCUT2D eigenvalue weighted by molar-refractivity contribution is 7.71. The van der Waals surface area contributed by atoms with Crippen molar-refractivity contribution in [3.05, 3.63) is 65.7 Å². The van der Waals surface area contributed by atoms with Gasteiger partial charge >= 0.3 is 0 Å². The quantitative estimate of drug-likeness (QED) is 0.778. The topological polar surface area (TPSA) is 34.1 Å². The van der Waals surface area contributed by atoms with Crippen molar-refractivity contribution in [2.24, 2.45) is 0 Å². The predicted octanol–water partition coefficient (Wildman–Crippen LogP) is 3.02. The molecule has 0 saturated carbocycles. The van der Waals surface area contributed by atoms with E-state index in [9.17, 15) is 9.36 Å². The maximum absolute atomic E-state index is 12.1. The Kier molecular flexibility index (Phi) is 3.55. The van der Waals surface area contributed by atoms with E-state index in [1.54, 1.807) is 36.4 Å². The number of rotatable bonds is 3. The molecule has 0 radical (unpaired) electrons. The van der Waals surface area contributed by atoms with Gasteiger partial charge in [-0.05, 0) is 12.5 Å². The molecule has 0 fully saturated rings. The van der Waals surface area contributed by atoms with Crippen LogP contribution in [-0.4, -0.2) is 5.52 Å². The van der Waals surface area contributed by atoms with Crippen LogP contribution in [0.15, 0.2) is 54.6 Å². The van der Waals surface area contributed by atoms with Crippen molar-refractivity contribution >= 4 is 18.6 Å². The molecule has 0 aliphatic carbocycles. The minimum absolute atomic E-state index is 0.265. The van der Waals surface area contributed by atoms with Crippen LogP contribution in [0, 0.1) is 6.92 Å². The van der Waals surface area contributed by atoms with Gasteiger partial charge in [-0.15, -0.1) is 0 Å². The van der Waals surface area contributed by atoms with Crippen LogP contribution in [0.2, 0.25) is 0 Å². The Morgan fingerprint density at radius 1 is 0.941 bits per heavy atom. The molecule has 1 atom stereocenters. The fraction of sp³-hybridized carbons (Fsp3) is 0.0714. The Balaban J connectivity index is 2.34. The van der Waals surface area contributed by atoms with Gasteiger partial charge in [0.1, 0.15) is 0 Å². The molecule has 3 heteroatoms. The predicted molar refractivity (Wildman–Crippen MR) is 70.6 cm³/mol. The summed E-state index contributed by atoms with van der Waals surface area (Å²) in [6.45, 7) is 1.85. The molecule has 0 saturated heterocycles. The van der Waals surface area contributed by atoms with Gasteiger partial charge in [-0.2, -0.15) is 0 Å². The Hall–Kier alpha value is -1.66. The van der Waals surface area contributed by atoms with Crippen molar-refractivity contribution in [3.63, 3.8) is 0 Å². The number of carbonyl (C=O) groups excluding carboxylic acids is 1. The van der Waals surface area contributed by atoms with Crippen LogP contribution in [0.4, 0.5) is 0 Å². The highest BCUT2D eigenvalue weighted by Crippen LogP contribution is 2.27. The third-order valence-electron chi connectivity index (χ3n) is 2.63. The minimum Gasteiger partial charge on any atom is -0.313 e. The SMILES string of the molecule is Cc1ccccc1C(=O)[PH](=O)c1ccccc1. The summed E-state index contributed by atoms with van der Waals surface area (Å²) in [7, 11) is -2.41. The third-order valence-corrected chi connectivity index (χ3v) is 4.17.